The van der Waals surface area contributed by atoms with Gasteiger partial charge in [-0.2, -0.15) is 11.8 Å². The maximum absolute atomic E-state index is 5.35. The van der Waals surface area contributed by atoms with E-state index in [-0.39, 0.29) is 0 Å². The van der Waals surface area contributed by atoms with Crippen LogP contribution in [0, 0.1) is 0 Å². The molecule has 2 rings (SSSR count). The van der Waals surface area contributed by atoms with Gasteiger partial charge >= 0.3 is 0 Å². The standard InChI is InChI=1S/C17H28N2OS/c1-2-6-17(7-3-1)16-21-15-5-9-18-8-4-10-19-11-13-20-14-12-19/h1-3,6-7,18H,4-5,8-16H2. The van der Waals surface area contributed by atoms with Crippen molar-refractivity contribution in [1.82, 2.24) is 10.2 Å². The first-order chi connectivity index (χ1) is 10.4. The summed E-state index contributed by atoms with van der Waals surface area (Å²) in [6.07, 6.45) is 2.51. The van der Waals surface area contributed by atoms with Crippen LogP contribution in [-0.4, -0.2) is 56.6 Å². The van der Waals surface area contributed by atoms with Crippen molar-refractivity contribution in [3.05, 3.63) is 35.9 Å². The summed E-state index contributed by atoms with van der Waals surface area (Å²) in [6.45, 7) is 7.52. The van der Waals surface area contributed by atoms with Gasteiger partial charge in [-0.3, -0.25) is 4.90 Å². The van der Waals surface area contributed by atoms with Gasteiger partial charge in [0.1, 0.15) is 0 Å². The van der Waals surface area contributed by atoms with Crippen LogP contribution in [0.1, 0.15) is 18.4 Å². The molecule has 0 atom stereocenters. The highest BCUT2D eigenvalue weighted by Gasteiger charge is 2.08. The minimum atomic E-state index is 0.909. The van der Waals surface area contributed by atoms with Crippen LogP contribution in [0.25, 0.3) is 0 Å². The molecule has 1 fully saturated rings. The Morgan fingerprint density at radius 3 is 2.62 bits per heavy atom. The smallest absolute Gasteiger partial charge is 0.0594 e. The fourth-order valence-corrected chi connectivity index (χ4v) is 3.36. The van der Waals surface area contributed by atoms with E-state index in [0.717, 1.165) is 45.1 Å². The van der Waals surface area contributed by atoms with E-state index in [1.54, 1.807) is 0 Å². The molecule has 0 aromatic heterocycles. The highest BCUT2D eigenvalue weighted by Crippen LogP contribution is 2.12. The summed E-state index contributed by atoms with van der Waals surface area (Å²) in [7, 11) is 0. The lowest BCUT2D eigenvalue weighted by Gasteiger charge is -2.26. The molecular weight excluding hydrogens is 280 g/mol. The zero-order valence-electron chi connectivity index (χ0n) is 12.9. The second-order valence-corrected chi connectivity index (χ2v) is 6.55. The Bertz CT molecular complexity index is 355. The fraction of sp³-hybridized carbons (Fsp3) is 0.647. The maximum atomic E-state index is 5.35. The molecule has 0 unspecified atom stereocenters. The number of thioether (sulfide) groups is 1. The van der Waals surface area contributed by atoms with E-state index in [9.17, 15) is 0 Å². The summed E-state index contributed by atoms with van der Waals surface area (Å²) in [6, 6.07) is 10.7. The quantitative estimate of drug-likeness (QED) is 0.672. The molecule has 0 amide bonds. The first-order valence-electron chi connectivity index (χ1n) is 8.07. The number of hydrogen-bond acceptors (Lipinski definition) is 4. The van der Waals surface area contributed by atoms with E-state index < -0.39 is 0 Å². The van der Waals surface area contributed by atoms with Gasteiger partial charge in [-0.25, -0.2) is 0 Å². The molecule has 0 spiro atoms. The van der Waals surface area contributed by atoms with Crippen LogP contribution in [0.15, 0.2) is 30.3 Å². The Morgan fingerprint density at radius 2 is 1.81 bits per heavy atom. The van der Waals surface area contributed by atoms with Crippen LogP contribution in [-0.2, 0) is 10.5 Å². The van der Waals surface area contributed by atoms with Crippen molar-refractivity contribution in [1.29, 1.82) is 0 Å². The Balaban J connectivity index is 1.35. The first-order valence-corrected chi connectivity index (χ1v) is 9.23. The van der Waals surface area contributed by atoms with Crippen LogP contribution >= 0.6 is 11.8 Å². The number of hydrogen-bond donors (Lipinski definition) is 1. The molecule has 1 aromatic rings. The molecule has 4 heteroatoms. The van der Waals surface area contributed by atoms with Crippen molar-refractivity contribution in [2.24, 2.45) is 0 Å². The fourth-order valence-electron chi connectivity index (χ4n) is 2.44. The first kappa shape index (κ1) is 16.8. The summed E-state index contributed by atoms with van der Waals surface area (Å²) < 4.78 is 5.35. The maximum Gasteiger partial charge on any atom is 0.0594 e. The van der Waals surface area contributed by atoms with Gasteiger partial charge in [0.2, 0.25) is 0 Å². The van der Waals surface area contributed by atoms with Gasteiger partial charge in [0.05, 0.1) is 13.2 Å². The molecule has 0 saturated carbocycles. The molecule has 1 saturated heterocycles. The third kappa shape index (κ3) is 7.86. The average molecular weight is 308 g/mol. The summed E-state index contributed by atoms with van der Waals surface area (Å²) in [4.78, 5) is 2.50. The molecule has 1 aromatic carbocycles. The summed E-state index contributed by atoms with van der Waals surface area (Å²) in [5.41, 5.74) is 1.43. The van der Waals surface area contributed by atoms with Crippen LogP contribution in [0.2, 0.25) is 0 Å². The van der Waals surface area contributed by atoms with Gasteiger partial charge in [0.15, 0.2) is 0 Å². The van der Waals surface area contributed by atoms with Crippen molar-refractivity contribution in [3.63, 3.8) is 0 Å². The van der Waals surface area contributed by atoms with E-state index >= 15 is 0 Å². The zero-order valence-corrected chi connectivity index (χ0v) is 13.7. The van der Waals surface area contributed by atoms with Gasteiger partial charge in [-0.15, -0.1) is 0 Å². The molecule has 118 valence electrons. The van der Waals surface area contributed by atoms with Crippen molar-refractivity contribution < 1.29 is 4.74 Å². The molecule has 3 nitrogen and oxygen atoms in total. The van der Waals surface area contributed by atoms with E-state index in [1.165, 1.54) is 30.7 Å². The average Bonchev–Trinajstić information content (AvgIpc) is 2.55. The Morgan fingerprint density at radius 1 is 1.05 bits per heavy atom. The normalized spacial score (nSPS) is 16.2. The van der Waals surface area contributed by atoms with Gasteiger partial charge in [-0.05, 0) is 43.8 Å². The molecular formula is C17H28N2OS. The molecule has 1 aliphatic heterocycles. The molecule has 0 radical (unpaired) electrons. The molecule has 0 aliphatic carbocycles. The number of rotatable bonds is 10. The van der Waals surface area contributed by atoms with E-state index in [2.05, 4.69) is 40.5 Å². The molecule has 1 aliphatic rings. The lowest BCUT2D eigenvalue weighted by atomic mass is 10.2. The van der Waals surface area contributed by atoms with Crippen LogP contribution in [0.4, 0.5) is 0 Å². The number of ether oxygens (including phenoxy) is 1. The second kappa shape index (κ2) is 11.1. The largest absolute Gasteiger partial charge is 0.379 e. The summed E-state index contributed by atoms with van der Waals surface area (Å²) >= 11 is 2.03. The minimum absolute atomic E-state index is 0.909. The van der Waals surface area contributed by atoms with Crippen LogP contribution in [0.3, 0.4) is 0 Å². The van der Waals surface area contributed by atoms with E-state index in [1.807, 2.05) is 11.8 Å². The Hall–Kier alpha value is -0.550. The third-order valence-corrected chi connectivity index (χ3v) is 4.80. The van der Waals surface area contributed by atoms with Crippen LogP contribution in [0.5, 0.6) is 0 Å². The zero-order chi connectivity index (χ0) is 14.6. The van der Waals surface area contributed by atoms with Gasteiger partial charge in [-0.1, -0.05) is 30.3 Å². The van der Waals surface area contributed by atoms with Gasteiger partial charge in [0.25, 0.3) is 0 Å². The summed E-state index contributed by atoms with van der Waals surface area (Å²) in [5.74, 6) is 2.38. The topological polar surface area (TPSA) is 24.5 Å². The third-order valence-electron chi connectivity index (χ3n) is 3.69. The van der Waals surface area contributed by atoms with Crippen LogP contribution < -0.4 is 5.32 Å². The minimum Gasteiger partial charge on any atom is -0.379 e. The Kier molecular flexibility index (Phi) is 8.87. The predicted molar refractivity (Wildman–Crippen MR) is 92.0 cm³/mol. The van der Waals surface area contributed by atoms with Crippen molar-refractivity contribution in [2.45, 2.75) is 18.6 Å². The van der Waals surface area contributed by atoms with Crippen molar-refractivity contribution in [2.75, 3.05) is 51.7 Å². The molecule has 1 heterocycles. The number of nitrogens with one attached hydrogen (secondary N) is 1. The molecule has 21 heavy (non-hydrogen) atoms. The highest BCUT2D eigenvalue weighted by atomic mass is 32.2. The van der Waals surface area contributed by atoms with E-state index in [0.29, 0.717) is 0 Å². The molecule has 1 N–H and O–H groups in total. The summed E-state index contributed by atoms with van der Waals surface area (Å²) in [5, 5.41) is 3.55. The van der Waals surface area contributed by atoms with Gasteiger partial charge in [0, 0.05) is 18.8 Å². The number of morpholine rings is 1. The van der Waals surface area contributed by atoms with Crippen molar-refractivity contribution >= 4 is 11.8 Å². The monoisotopic (exact) mass is 308 g/mol. The lowest BCUT2D eigenvalue weighted by Crippen LogP contribution is -2.37. The second-order valence-electron chi connectivity index (χ2n) is 5.45. The lowest BCUT2D eigenvalue weighted by molar-refractivity contribution is 0.0375. The number of benzene rings is 1. The van der Waals surface area contributed by atoms with E-state index in [4.69, 9.17) is 4.74 Å². The number of nitrogens with zero attached hydrogens (tertiary/aromatic N) is 1. The Labute approximate surface area is 133 Å². The SMILES string of the molecule is c1ccc(CSCCCNCCCN2CCOCC2)cc1. The van der Waals surface area contributed by atoms with Gasteiger partial charge < -0.3 is 10.1 Å². The molecule has 0 bridgehead atoms. The highest BCUT2D eigenvalue weighted by molar-refractivity contribution is 7.98. The van der Waals surface area contributed by atoms with Crippen molar-refractivity contribution in [3.8, 4) is 0 Å². The predicted octanol–water partition coefficient (Wildman–Crippen LogP) is 2.62.